The Morgan fingerprint density at radius 3 is 2.84 bits per heavy atom. The second-order valence-electron chi connectivity index (χ2n) is 7.33. The normalized spacial score (nSPS) is 19.0. The summed E-state index contributed by atoms with van der Waals surface area (Å²) in [7, 11) is 0. The number of rotatable bonds is 2. The molecule has 2 nitrogen and oxygen atoms in total. The van der Waals surface area contributed by atoms with Gasteiger partial charge in [0.25, 0.3) is 0 Å². The van der Waals surface area contributed by atoms with Gasteiger partial charge < -0.3 is 5.32 Å². The first kappa shape index (κ1) is 14.7. The lowest BCUT2D eigenvalue weighted by Crippen LogP contribution is -2.23. The molecule has 1 aromatic heterocycles. The van der Waals surface area contributed by atoms with Crippen LogP contribution in [-0.2, 0) is 6.42 Å². The van der Waals surface area contributed by atoms with E-state index in [2.05, 4.69) is 71.8 Å². The molecule has 0 amide bonds. The molecular weight excluding hydrogens is 304 g/mol. The smallest absolute Gasteiger partial charge is 0.0725 e. The Hall–Kier alpha value is -2.61. The maximum atomic E-state index is 4.66. The largest absolute Gasteiger partial charge is 0.381 e. The average molecular weight is 326 g/mol. The fourth-order valence-electron chi connectivity index (χ4n) is 4.46. The van der Waals surface area contributed by atoms with E-state index in [0.717, 1.165) is 24.1 Å². The maximum Gasteiger partial charge on any atom is 0.0725 e. The third-order valence-electron chi connectivity index (χ3n) is 5.62. The van der Waals surface area contributed by atoms with Crippen LogP contribution in [0.2, 0.25) is 0 Å². The molecule has 0 saturated carbocycles. The van der Waals surface area contributed by atoms with Gasteiger partial charge in [0.05, 0.1) is 5.52 Å². The summed E-state index contributed by atoms with van der Waals surface area (Å²) < 4.78 is 0. The number of fused-ring (bicyclic) bond motifs is 3. The van der Waals surface area contributed by atoms with Crippen molar-refractivity contribution in [2.45, 2.75) is 38.6 Å². The quantitative estimate of drug-likeness (QED) is 0.671. The number of aromatic nitrogens is 1. The number of benzene rings is 2. The Morgan fingerprint density at radius 2 is 1.88 bits per heavy atom. The molecule has 2 heteroatoms. The third-order valence-corrected chi connectivity index (χ3v) is 5.62. The van der Waals surface area contributed by atoms with Gasteiger partial charge in [0.2, 0.25) is 0 Å². The van der Waals surface area contributed by atoms with Crippen molar-refractivity contribution in [2.75, 3.05) is 5.32 Å². The molecule has 0 aliphatic heterocycles. The maximum absolute atomic E-state index is 4.66. The van der Waals surface area contributed by atoms with Crippen molar-refractivity contribution in [1.82, 2.24) is 4.98 Å². The van der Waals surface area contributed by atoms with Crippen LogP contribution >= 0.6 is 0 Å². The molecule has 2 aromatic carbocycles. The Morgan fingerprint density at radius 1 is 1.04 bits per heavy atom. The molecule has 1 atom stereocenters. The Bertz CT molecular complexity index is 1000. The van der Waals surface area contributed by atoms with Crippen LogP contribution in [0.15, 0.2) is 60.2 Å². The summed E-state index contributed by atoms with van der Waals surface area (Å²) in [6.07, 6.45) is 4.71. The molecule has 0 bridgehead atoms. The van der Waals surface area contributed by atoms with Crippen molar-refractivity contribution >= 4 is 22.2 Å². The molecule has 1 N–H and O–H groups in total. The molecule has 25 heavy (non-hydrogen) atoms. The molecule has 0 radical (unpaired) electrons. The van der Waals surface area contributed by atoms with E-state index in [1.807, 2.05) is 0 Å². The molecule has 1 heterocycles. The average Bonchev–Trinajstić information content (AvgIpc) is 3.00. The van der Waals surface area contributed by atoms with Gasteiger partial charge in [0.15, 0.2) is 0 Å². The second-order valence-corrected chi connectivity index (χ2v) is 7.33. The number of pyridine rings is 1. The summed E-state index contributed by atoms with van der Waals surface area (Å²) in [6.45, 7) is 2.08. The van der Waals surface area contributed by atoms with E-state index in [9.17, 15) is 0 Å². The number of nitrogens with zero attached hydrogens (tertiary/aromatic N) is 1. The van der Waals surface area contributed by atoms with Crippen LogP contribution < -0.4 is 5.32 Å². The summed E-state index contributed by atoms with van der Waals surface area (Å²) in [4.78, 5) is 4.66. The Kier molecular flexibility index (Phi) is 3.37. The molecule has 3 aromatic rings. The minimum Gasteiger partial charge on any atom is -0.381 e. The van der Waals surface area contributed by atoms with Crippen LogP contribution in [0.3, 0.4) is 0 Å². The number of para-hydroxylation sites is 1. The van der Waals surface area contributed by atoms with Crippen LogP contribution in [0.5, 0.6) is 0 Å². The Labute approximate surface area is 148 Å². The van der Waals surface area contributed by atoms with E-state index in [-0.39, 0.29) is 0 Å². The first-order chi connectivity index (χ1) is 12.3. The lowest BCUT2D eigenvalue weighted by atomic mass is 9.88. The number of anilines is 1. The summed E-state index contributed by atoms with van der Waals surface area (Å²) >= 11 is 0. The fraction of sp³-hybridized carbons (Fsp3) is 0.261. The minimum absolute atomic E-state index is 0.495. The molecule has 2 aliphatic carbocycles. The van der Waals surface area contributed by atoms with E-state index in [4.69, 9.17) is 0 Å². The number of hydrogen-bond acceptors (Lipinski definition) is 2. The van der Waals surface area contributed by atoms with Crippen LogP contribution in [0.25, 0.3) is 16.5 Å². The minimum atomic E-state index is 0.495. The van der Waals surface area contributed by atoms with Gasteiger partial charge >= 0.3 is 0 Å². The third kappa shape index (κ3) is 2.53. The van der Waals surface area contributed by atoms with Gasteiger partial charge in [-0.25, -0.2) is 0 Å². The molecule has 0 fully saturated rings. The van der Waals surface area contributed by atoms with Gasteiger partial charge in [-0.2, -0.15) is 0 Å². The summed E-state index contributed by atoms with van der Waals surface area (Å²) in [5.41, 5.74) is 9.63. The zero-order valence-electron chi connectivity index (χ0n) is 14.5. The zero-order chi connectivity index (χ0) is 16.8. The van der Waals surface area contributed by atoms with E-state index in [1.54, 1.807) is 11.1 Å². The molecule has 0 spiro atoms. The Balaban J connectivity index is 1.46. The monoisotopic (exact) mass is 326 g/mol. The van der Waals surface area contributed by atoms with E-state index < -0.39 is 0 Å². The van der Waals surface area contributed by atoms with Crippen molar-refractivity contribution in [1.29, 1.82) is 0 Å². The van der Waals surface area contributed by atoms with Crippen molar-refractivity contribution in [3.8, 4) is 0 Å². The topological polar surface area (TPSA) is 24.9 Å². The van der Waals surface area contributed by atoms with Gasteiger partial charge in [0.1, 0.15) is 0 Å². The predicted octanol–water partition coefficient (Wildman–Crippen LogP) is 5.52. The lowest BCUT2D eigenvalue weighted by molar-refractivity contribution is 0.635. The van der Waals surface area contributed by atoms with Gasteiger partial charge in [0, 0.05) is 22.8 Å². The molecule has 124 valence electrons. The highest BCUT2D eigenvalue weighted by atomic mass is 14.9. The first-order valence-corrected chi connectivity index (χ1v) is 9.20. The van der Waals surface area contributed by atoms with Crippen LogP contribution in [0.4, 0.5) is 5.69 Å². The van der Waals surface area contributed by atoms with E-state index in [0.29, 0.717) is 6.04 Å². The number of allylic oxidation sites excluding steroid dienone is 1. The molecule has 1 unspecified atom stereocenters. The van der Waals surface area contributed by atoms with Crippen molar-refractivity contribution in [3.05, 3.63) is 77.0 Å². The molecule has 2 aliphatic rings. The van der Waals surface area contributed by atoms with Crippen LogP contribution in [0.1, 0.15) is 36.1 Å². The van der Waals surface area contributed by atoms with E-state index in [1.165, 1.54) is 35.0 Å². The van der Waals surface area contributed by atoms with Crippen molar-refractivity contribution in [3.63, 3.8) is 0 Å². The molecule has 5 rings (SSSR count). The van der Waals surface area contributed by atoms with E-state index >= 15 is 0 Å². The van der Waals surface area contributed by atoms with Gasteiger partial charge in [-0.05, 0) is 61.4 Å². The second kappa shape index (κ2) is 5.73. The highest BCUT2D eigenvalue weighted by Crippen LogP contribution is 2.42. The molecular formula is C23H22N2. The highest BCUT2D eigenvalue weighted by molar-refractivity contribution is 5.91. The predicted molar refractivity (Wildman–Crippen MR) is 105 cm³/mol. The van der Waals surface area contributed by atoms with Crippen LogP contribution in [-0.4, -0.2) is 11.0 Å². The summed E-state index contributed by atoms with van der Waals surface area (Å²) in [5.74, 6) is 0. The number of hydrogen-bond donors (Lipinski definition) is 1. The number of nitrogens with one attached hydrogen (secondary N) is 1. The lowest BCUT2D eigenvalue weighted by Gasteiger charge is -2.27. The number of aryl methyl sites for hydroxylation is 1. The molecule has 0 saturated heterocycles. The van der Waals surface area contributed by atoms with Gasteiger partial charge in [-0.3, -0.25) is 4.98 Å². The fourth-order valence-corrected chi connectivity index (χ4v) is 4.46. The van der Waals surface area contributed by atoms with Crippen molar-refractivity contribution < 1.29 is 0 Å². The van der Waals surface area contributed by atoms with Crippen molar-refractivity contribution in [2.24, 2.45) is 0 Å². The zero-order valence-corrected chi connectivity index (χ0v) is 14.5. The SMILES string of the molecule is Cc1cc(NC2CCC3=C(C2)c2ccccc2C3)c2ccccc2n1. The standard InChI is InChI=1S/C23H22N2/c1-15-12-23(20-8-4-5-9-22(20)24-15)25-18-11-10-17-13-16-6-2-3-7-19(16)21(17)14-18/h2-9,12,18H,10-11,13-14H2,1H3,(H,24,25). The van der Waals surface area contributed by atoms with Gasteiger partial charge in [-0.15, -0.1) is 0 Å². The highest BCUT2D eigenvalue weighted by Gasteiger charge is 2.28. The van der Waals surface area contributed by atoms with Crippen LogP contribution in [0, 0.1) is 6.92 Å². The summed E-state index contributed by atoms with van der Waals surface area (Å²) in [5, 5.41) is 5.06. The summed E-state index contributed by atoms with van der Waals surface area (Å²) in [6, 6.07) is 20.0. The first-order valence-electron chi connectivity index (χ1n) is 9.20. The van der Waals surface area contributed by atoms with Gasteiger partial charge in [-0.1, -0.05) is 48.0 Å².